The Morgan fingerprint density at radius 1 is 1.17 bits per heavy atom. The van der Waals surface area contributed by atoms with Crippen molar-refractivity contribution in [2.75, 3.05) is 5.75 Å². The summed E-state index contributed by atoms with van der Waals surface area (Å²) < 4.78 is 26.7. The SMILES string of the molecule is CCCCS(=O)(=O)N[C@H](c1ccccc1)C(C)C. The molecule has 1 aromatic rings. The van der Waals surface area contributed by atoms with Crippen LogP contribution in [0, 0.1) is 5.92 Å². The highest BCUT2D eigenvalue weighted by atomic mass is 32.2. The number of benzene rings is 1. The molecule has 0 saturated carbocycles. The van der Waals surface area contributed by atoms with E-state index in [1.165, 1.54) is 0 Å². The molecule has 0 spiro atoms. The van der Waals surface area contributed by atoms with Crippen LogP contribution in [0.4, 0.5) is 0 Å². The van der Waals surface area contributed by atoms with E-state index in [2.05, 4.69) is 4.72 Å². The number of unbranched alkanes of at least 4 members (excludes halogenated alkanes) is 1. The van der Waals surface area contributed by atoms with Crippen LogP contribution in [-0.4, -0.2) is 14.2 Å². The summed E-state index contributed by atoms with van der Waals surface area (Å²) in [5.74, 6) is 0.434. The Kier molecular flexibility index (Phi) is 5.82. The van der Waals surface area contributed by atoms with Gasteiger partial charge in [0.15, 0.2) is 0 Å². The van der Waals surface area contributed by atoms with E-state index in [1.807, 2.05) is 51.1 Å². The van der Waals surface area contributed by atoms with E-state index in [9.17, 15) is 8.42 Å². The van der Waals surface area contributed by atoms with Gasteiger partial charge in [-0.15, -0.1) is 0 Å². The minimum Gasteiger partial charge on any atom is -0.212 e. The molecule has 1 atom stereocenters. The third-order valence-electron chi connectivity index (χ3n) is 2.90. The van der Waals surface area contributed by atoms with Crippen LogP contribution in [0.1, 0.15) is 45.2 Å². The average molecular weight is 269 g/mol. The maximum atomic E-state index is 12.0. The first-order valence-electron chi connectivity index (χ1n) is 6.51. The Labute approximate surface area is 111 Å². The zero-order valence-corrected chi connectivity index (χ0v) is 12.2. The molecule has 102 valence electrons. The Morgan fingerprint density at radius 3 is 2.28 bits per heavy atom. The first-order valence-corrected chi connectivity index (χ1v) is 8.16. The lowest BCUT2D eigenvalue weighted by Gasteiger charge is -2.22. The molecule has 0 bridgehead atoms. The van der Waals surface area contributed by atoms with Crippen LogP contribution in [-0.2, 0) is 10.0 Å². The summed E-state index contributed by atoms with van der Waals surface area (Å²) in [6, 6.07) is 9.59. The topological polar surface area (TPSA) is 46.2 Å². The van der Waals surface area contributed by atoms with E-state index in [0.717, 1.165) is 12.0 Å². The number of hydrogen-bond donors (Lipinski definition) is 1. The predicted octanol–water partition coefficient (Wildman–Crippen LogP) is 3.10. The summed E-state index contributed by atoms with van der Waals surface area (Å²) in [6.45, 7) is 6.05. The Morgan fingerprint density at radius 2 is 1.78 bits per heavy atom. The number of sulfonamides is 1. The zero-order valence-electron chi connectivity index (χ0n) is 11.4. The molecule has 1 rings (SSSR count). The molecule has 0 fully saturated rings. The standard InChI is InChI=1S/C14H23NO2S/c1-4-5-11-18(16,17)15-14(12(2)3)13-9-7-6-8-10-13/h6-10,12,14-15H,4-5,11H2,1-3H3/t14-/m0/s1. The fraction of sp³-hybridized carbons (Fsp3) is 0.571. The maximum absolute atomic E-state index is 12.0. The quantitative estimate of drug-likeness (QED) is 0.826. The largest absolute Gasteiger partial charge is 0.212 e. The van der Waals surface area contributed by atoms with Crippen molar-refractivity contribution in [1.29, 1.82) is 0 Å². The third-order valence-corrected chi connectivity index (χ3v) is 4.34. The van der Waals surface area contributed by atoms with E-state index in [1.54, 1.807) is 0 Å². The first kappa shape index (κ1) is 15.2. The van der Waals surface area contributed by atoms with Crippen LogP contribution in [0.5, 0.6) is 0 Å². The van der Waals surface area contributed by atoms with Gasteiger partial charge in [0.05, 0.1) is 5.75 Å². The third kappa shape index (κ3) is 4.78. The monoisotopic (exact) mass is 269 g/mol. The normalized spacial score (nSPS) is 13.8. The molecular weight excluding hydrogens is 246 g/mol. The molecule has 0 amide bonds. The molecule has 0 saturated heterocycles. The Hall–Kier alpha value is -0.870. The molecule has 1 aromatic carbocycles. The molecule has 18 heavy (non-hydrogen) atoms. The van der Waals surface area contributed by atoms with E-state index in [4.69, 9.17) is 0 Å². The molecule has 0 unspecified atom stereocenters. The van der Waals surface area contributed by atoms with E-state index >= 15 is 0 Å². The molecular formula is C14H23NO2S. The average Bonchev–Trinajstić information content (AvgIpc) is 2.34. The molecule has 0 aliphatic rings. The molecule has 1 N–H and O–H groups in total. The second-order valence-corrected chi connectivity index (χ2v) is 6.80. The fourth-order valence-corrected chi connectivity index (χ4v) is 3.42. The summed E-state index contributed by atoms with van der Waals surface area (Å²) in [5.41, 5.74) is 1.02. The summed E-state index contributed by atoms with van der Waals surface area (Å²) in [7, 11) is -3.19. The van der Waals surface area contributed by atoms with Crippen LogP contribution in [0.2, 0.25) is 0 Å². The molecule has 0 aliphatic carbocycles. The number of hydrogen-bond acceptors (Lipinski definition) is 2. The summed E-state index contributed by atoms with van der Waals surface area (Å²) in [6.07, 6.45) is 1.59. The highest BCUT2D eigenvalue weighted by molar-refractivity contribution is 7.89. The molecule has 0 aromatic heterocycles. The van der Waals surface area contributed by atoms with Gasteiger partial charge < -0.3 is 0 Å². The fourth-order valence-electron chi connectivity index (χ4n) is 1.84. The van der Waals surface area contributed by atoms with Gasteiger partial charge in [0, 0.05) is 6.04 Å². The Bertz CT molecular complexity index is 440. The lowest BCUT2D eigenvalue weighted by molar-refractivity contribution is 0.462. The number of nitrogens with one attached hydrogen (secondary N) is 1. The van der Waals surface area contributed by atoms with E-state index in [-0.39, 0.29) is 17.7 Å². The highest BCUT2D eigenvalue weighted by Crippen LogP contribution is 2.22. The van der Waals surface area contributed by atoms with E-state index in [0.29, 0.717) is 6.42 Å². The van der Waals surface area contributed by atoms with Crippen LogP contribution >= 0.6 is 0 Å². The van der Waals surface area contributed by atoms with Gasteiger partial charge in [-0.3, -0.25) is 0 Å². The van der Waals surface area contributed by atoms with Crippen molar-refractivity contribution in [1.82, 2.24) is 4.72 Å². The van der Waals surface area contributed by atoms with Gasteiger partial charge in [-0.25, -0.2) is 13.1 Å². The van der Waals surface area contributed by atoms with Gasteiger partial charge in [0.2, 0.25) is 10.0 Å². The first-order chi connectivity index (χ1) is 8.46. The highest BCUT2D eigenvalue weighted by Gasteiger charge is 2.21. The molecule has 0 aliphatic heterocycles. The lowest BCUT2D eigenvalue weighted by atomic mass is 9.97. The van der Waals surface area contributed by atoms with Gasteiger partial charge in [0.1, 0.15) is 0 Å². The number of rotatable bonds is 7. The maximum Gasteiger partial charge on any atom is 0.212 e. The Balaban J connectivity index is 2.82. The van der Waals surface area contributed by atoms with Crippen LogP contribution in [0.15, 0.2) is 30.3 Å². The minimum atomic E-state index is -3.19. The van der Waals surface area contributed by atoms with Crippen molar-refractivity contribution in [3.8, 4) is 0 Å². The van der Waals surface area contributed by atoms with Gasteiger partial charge >= 0.3 is 0 Å². The second kappa shape index (κ2) is 6.90. The molecule has 0 heterocycles. The zero-order chi connectivity index (χ0) is 13.6. The van der Waals surface area contributed by atoms with Gasteiger partial charge in [-0.2, -0.15) is 0 Å². The smallest absolute Gasteiger partial charge is 0.212 e. The van der Waals surface area contributed by atoms with Crippen LogP contribution in [0.25, 0.3) is 0 Å². The van der Waals surface area contributed by atoms with Crippen molar-refractivity contribution in [2.45, 2.75) is 39.7 Å². The van der Waals surface area contributed by atoms with Gasteiger partial charge in [0.25, 0.3) is 0 Å². The molecule has 4 heteroatoms. The van der Waals surface area contributed by atoms with Crippen molar-refractivity contribution >= 4 is 10.0 Å². The van der Waals surface area contributed by atoms with Crippen LogP contribution < -0.4 is 4.72 Å². The summed E-state index contributed by atoms with van der Waals surface area (Å²) >= 11 is 0. The summed E-state index contributed by atoms with van der Waals surface area (Å²) in [4.78, 5) is 0. The second-order valence-electron chi connectivity index (χ2n) is 4.92. The van der Waals surface area contributed by atoms with Gasteiger partial charge in [-0.05, 0) is 17.9 Å². The summed E-state index contributed by atoms with van der Waals surface area (Å²) in [5, 5.41) is 0. The van der Waals surface area contributed by atoms with Gasteiger partial charge in [-0.1, -0.05) is 57.5 Å². The van der Waals surface area contributed by atoms with Crippen molar-refractivity contribution in [3.05, 3.63) is 35.9 Å². The van der Waals surface area contributed by atoms with Crippen molar-refractivity contribution in [2.24, 2.45) is 5.92 Å². The van der Waals surface area contributed by atoms with E-state index < -0.39 is 10.0 Å². The predicted molar refractivity (Wildman–Crippen MR) is 75.9 cm³/mol. The molecule has 0 radical (unpaired) electrons. The van der Waals surface area contributed by atoms with Crippen LogP contribution in [0.3, 0.4) is 0 Å². The lowest BCUT2D eigenvalue weighted by Crippen LogP contribution is -2.33. The minimum absolute atomic E-state index is 0.145. The van der Waals surface area contributed by atoms with Crippen molar-refractivity contribution < 1.29 is 8.42 Å². The van der Waals surface area contributed by atoms with Crippen molar-refractivity contribution in [3.63, 3.8) is 0 Å². The molecule has 3 nitrogen and oxygen atoms in total.